The third-order valence-corrected chi connectivity index (χ3v) is 1.83. The Bertz CT molecular complexity index is 472. The second kappa shape index (κ2) is 7.07. The van der Waals surface area contributed by atoms with Crippen LogP contribution >= 0.6 is 0 Å². The summed E-state index contributed by atoms with van der Waals surface area (Å²) in [5.74, 6) is -0.00479. The van der Waals surface area contributed by atoms with Crippen molar-refractivity contribution in [2.45, 2.75) is 0 Å². The summed E-state index contributed by atoms with van der Waals surface area (Å²) in [6, 6.07) is 3.79. The molecule has 18 heavy (non-hydrogen) atoms. The van der Waals surface area contributed by atoms with Crippen LogP contribution in [0.15, 0.2) is 23.3 Å². The van der Waals surface area contributed by atoms with Crippen LogP contribution in [0.25, 0.3) is 10.4 Å². The van der Waals surface area contributed by atoms with Gasteiger partial charge < -0.3 is 14.6 Å². The van der Waals surface area contributed by atoms with Gasteiger partial charge in [-0.25, -0.2) is 0 Å². The molecular weight excluding hydrogens is 244 g/mol. The first-order valence-corrected chi connectivity index (χ1v) is 4.84. The van der Waals surface area contributed by atoms with E-state index in [2.05, 4.69) is 10.0 Å². The number of hydrogen-bond acceptors (Lipinski definition) is 6. The average molecular weight is 254 g/mol. The number of ether oxygens (including phenoxy) is 2. The van der Waals surface area contributed by atoms with Crippen molar-refractivity contribution in [3.8, 4) is 5.75 Å². The zero-order chi connectivity index (χ0) is 13.4. The Morgan fingerprint density at radius 1 is 1.56 bits per heavy atom. The first-order valence-electron chi connectivity index (χ1n) is 4.84. The molecule has 0 radical (unpaired) electrons. The third kappa shape index (κ3) is 3.91. The second-order valence-corrected chi connectivity index (χ2v) is 2.99. The quantitative estimate of drug-likeness (QED) is 0.151. The number of hydrogen-bond donors (Lipinski definition) is 1. The van der Waals surface area contributed by atoms with Gasteiger partial charge in [0.2, 0.25) is 0 Å². The number of nitro groups is 1. The molecule has 9 heteroatoms. The Balaban J connectivity index is 2.83. The Morgan fingerprint density at radius 2 is 2.33 bits per heavy atom. The van der Waals surface area contributed by atoms with Crippen LogP contribution in [0.4, 0.5) is 11.4 Å². The van der Waals surface area contributed by atoms with Crippen LogP contribution in [-0.4, -0.2) is 30.0 Å². The molecule has 0 saturated heterocycles. The molecular formula is C9H10N4O5. The molecule has 1 N–H and O–H groups in total. The average Bonchev–Trinajstić information content (AvgIpc) is 2.36. The molecule has 1 aromatic rings. The lowest BCUT2D eigenvalue weighted by Gasteiger charge is -2.07. The van der Waals surface area contributed by atoms with Gasteiger partial charge in [-0.05, 0) is 17.7 Å². The molecule has 0 aliphatic carbocycles. The fourth-order valence-electron chi connectivity index (χ4n) is 1.11. The molecule has 0 unspecified atom stereocenters. The van der Waals surface area contributed by atoms with Crippen LogP contribution in [0.5, 0.6) is 5.75 Å². The van der Waals surface area contributed by atoms with Gasteiger partial charge in [0.05, 0.1) is 18.1 Å². The monoisotopic (exact) mass is 254 g/mol. The smallest absolute Gasteiger partial charge is 0.311 e. The van der Waals surface area contributed by atoms with Gasteiger partial charge in [-0.1, -0.05) is 5.11 Å². The van der Waals surface area contributed by atoms with Crippen molar-refractivity contribution >= 4 is 11.4 Å². The Labute approximate surface area is 101 Å². The SMILES string of the molecule is [N-]=[N+]=Nc1ccc(OCOCCO)c([N+](=O)[O-])c1. The fourth-order valence-corrected chi connectivity index (χ4v) is 1.11. The van der Waals surface area contributed by atoms with Crippen LogP contribution in [-0.2, 0) is 4.74 Å². The number of azide groups is 1. The summed E-state index contributed by atoms with van der Waals surface area (Å²) in [6.45, 7) is -0.311. The van der Waals surface area contributed by atoms with Gasteiger partial charge in [0, 0.05) is 16.7 Å². The van der Waals surface area contributed by atoms with Crippen LogP contribution in [0, 0.1) is 10.1 Å². The van der Waals surface area contributed by atoms with Crippen molar-refractivity contribution in [2.24, 2.45) is 5.11 Å². The minimum Gasteiger partial charge on any atom is -0.460 e. The van der Waals surface area contributed by atoms with E-state index < -0.39 is 4.92 Å². The highest BCUT2D eigenvalue weighted by Gasteiger charge is 2.15. The fraction of sp³-hybridized carbons (Fsp3) is 0.333. The standard InChI is InChI=1S/C9H10N4O5/c10-12-11-7-1-2-9(8(5-7)13(15)16)18-6-17-4-3-14/h1-2,5,14H,3-4,6H2. The molecule has 1 aromatic carbocycles. The van der Waals surface area contributed by atoms with E-state index >= 15 is 0 Å². The van der Waals surface area contributed by atoms with Gasteiger partial charge >= 0.3 is 5.69 Å². The van der Waals surface area contributed by atoms with E-state index in [0.29, 0.717) is 0 Å². The molecule has 0 aliphatic rings. The number of nitro benzene ring substituents is 1. The van der Waals surface area contributed by atoms with Gasteiger partial charge in [0.15, 0.2) is 12.5 Å². The van der Waals surface area contributed by atoms with E-state index in [1.54, 1.807) is 0 Å². The molecule has 0 heterocycles. The maximum Gasteiger partial charge on any atom is 0.311 e. The predicted molar refractivity (Wildman–Crippen MR) is 60.4 cm³/mol. The van der Waals surface area contributed by atoms with E-state index in [1.165, 1.54) is 12.1 Å². The molecule has 0 amide bonds. The van der Waals surface area contributed by atoms with Crippen molar-refractivity contribution in [1.29, 1.82) is 0 Å². The van der Waals surface area contributed by atoms with E-state index in [4.69, 9.17) is 20.1 Å². The number of nitrogens with zero attached hydrogens (tertiary/aromatic N) is 4. The van der Waals surface area contributed by atoms with Crippen LogP contribution < -0.4 is 4.74 Å². The number of aliphatic hydroxyl groups is 1. The number of benzene rings is 1. The summed E-state index contributed by atoms with van der Waals surface area (Å²) in [6.07, 6.45) is 0. The van der Waals surface area contributed by atoms with Crippen molar-refractivity contribution in [3.63, 3.8) is 0 Å². The van der Waals surface area contributed by atoms with E-state index in [1.807, 2.05) is 0 Å². The van der Waals surface area contributed by atoms with Crippen LogP contribution in [0.1, 0.15) is 0 Å². The van der Waals surface area contributed by atoms with E-state index in [-0.39, 0.29) is 37.1 Å². The summed E-state index contributed by atoms with van der Waals surface area (Å²) in [4.78, 5) is 12.7. The van der Waals surface area contributed by atoms with Gasteiger partial charge in [-0.15, -0.1) is 0 Å². The minimum atomic E-state index is -0.655. The molecule has 0 saturated carbocycles. The highest BCUT2D eigenvalue weighted by molar-refractivity contribution is 5.55. The van der Waals surface area contributed by atoms with Crippen LogP contribution in [0.3, 0.4) is 0 Å². The lowest BCUT2D eigenvalue weighted by Crippen LogP contribution is -2.07. The van der Waals surface area contributed by atoms with Gasteiger partial charge in [0.1, 0.15) is 0 Å². The molecule has 0 spiro atoms. The third-order valence-electron chi connectivity index (χ3n) is 1.83. The maximum atomic E-state index is 10.8. The van der Waals surface area contributed by atoms with E-state index in [9.17, 15) is 10.1 Å². The van der Waals surface area contributed by atoms with Crippen molar-refractivity contribution in [3.05, 3.63) is 38.8 Å². The number of rotatable bonds is 7. The summed E-state index contributed by atoms with van der Waals surface area (Å²) < 4.78 is 9.85. The first-order chi connectivity index (χ1) is 8.69. The lowest BCUT2D eigenvalue weighted by atomic mass is 10.2. The Kier molecular flexibility index (Phi) is 5.39. The zero-order valence-corrected chi connectivity index (χ0v) is 9.22. The maximum absolute atomic E-state index is 10.8. The van der Waals surface area contributed by atoms with Crippen LogP contribution in [0.2, 0.25) is 0 Å². The van der Waals surface area contributed by atoms with Gasteiger partial charge in [0.25, 0.3) is 0 Å². The molecule has 0 aliphatic heterocycles. The summed E-state index contributed by atoms with van der Waals surface area (Å²) in [5, 5.41) is 22.5. The topological polar surface area (TPSA) is 131 Å². The molecule has 0 aromatic heterocycles. The summed E-state index contributed by atoms with van der Waals surface area (Å²) in [5.41, 5.74) is 8.02. The minimum absolute atomic E-state index is 0.00479. The molecule has 0 atom stereocenters. The normalized spacial score (nSPS) is 9.61. The van der Waals surface area contributed by atoms with Crippen molar-refractivity contribution in [1.82, 2.24) is 0 Å². The molecule has 9 nitrogen and oxygen atoms in total. The Hall–Kier alpha value is -2.35. The molecule has 0 fully saturated rings. The molecule has 0 bridgehead atoms. The lowest BCUT2D eigenvalue weighted by molar-refractivity contribution is -0.386. The van der Waals surface area contributed by atoms with Gasteiger partial charge in [-0.3, -0.25) is 10.1 Å². The predicted octanol–water partition coefficient (Wildman–Crippen LogP) is 1.88. The number of aliphatic hydroxyl groups excluding tert-OH is 1. The van der Waals surface area contributed by atoms with Crippen molar-refractivity contribution < 1.29 is 19.5 Å². The van der Waals surface area contributed by atoms with Crippen molar-refractivity contribution in [2.75, 3.05) is 20.0 Å². The summed E-state index contributed by atoms with van der Waals surface area (Å²) >= 11 is 0. The molecule has 96 valence electrons. The summed E-state index contributed by atoms with van der Waals surface area (Å²) in [7, 11) is 0. The zero-order valence-electron chi connectivity index (χ0n) is 9.22. The van der Waals surface area contributed by atoms with E-state index in [0.717, 1.165) is 6.07 Å². The highest BCUT2D eigenvalue weighted by atomic mass is 16.7. The van der Waals surface area contributed by atoms with Gasteiger partial charge in [-0.2, -0.15) is 0 Å². The largest absolute Gasteiger partial charge is 0.460 e. The Morgan fingerprint density at radius 3 is 2.94 bits per heavy atom. The first kappa shape index (κ1) is 13.7. The second-order valence-electron chi connectivity index (χ2n) is 2.99. The highest BCUT2D eigenvalue weighted by Crippen LogP contribution is 2.31. The molecule has 1 rings (SSSR count).